The molecule has 0 aliphatic heterocycles. The Morgan fingerprint density at radius 2 is 2.31 bits per heavy atom. The Morgan fingerprint density at radius 1 is 1.62 bits per heavy atom. The van der Waals surface area contributed by atoms with Gasteiger partial charge in [-0.1, -0.05) is 18.7 Å². The van der Waals surface area contributed by atoms with Gasteiger partial charge in [-0.05, 0) is 20.4 Å². The zero-order valence-corrected chi connectivity index (χ0v) is 10.4. The second kappa shape index (κ2) is 5.91. The predicted octanol–water partition coefficient (Wildman–Crippen LogP) is 1.45. The Kier molecular flexibility index (Phi) is 4.82. The average molecular weight is 244 g/mol. The topological polar surface area (TPSA) is 75.4 Å². The SMILES string of the molecule is CCNC(CSc1nc(C)c(C)o1)C(=O)O. The van der Waals surface area contributed by atoms with E-state index >= 15 is 0 Å². The van der Waals surface area contributed by atoms with E-state index in [1.807, 2.05) is 20.8 Å². The first-order valence-corrected chi connectivity index (χ1v) is 6.06. The number of nitrogens with zero attached hydrogens (tertiary/aromatic N) is 1. The van der Waals surface area contributed by atoms with Gasteiger partial charge < -0.3 is 14.8 Å². The summed E-state index contributed by atoms with van der Waals surface area (Å²) in [6.45, 7) is 6.20. The quantitative estimate of drug-likeness (QED) is 0.738. The number of thioether (sulfide) groups is 1. The standard InChI is InChI=1S/C10H16N2O3S/c1-4-11-8(9(13)14)5-16-10-12-6(2)7(3)15-10/h8,11H,4-5H2,1-3H3,(H,13,14). The third-order valence-electron chi connectivity index (χ3n) is 2.13. The van der Waals surface area contributed by atoms with Crippen molar-refractivity contribution in [1.82, 2.24) is 10.3 Å². The van der Waals surface area contributed by atoms with E-state index in [9.17, 15) is 4.79 Å². The van der Waals surface area contributed by atoms with Crippen LogP contribution in [0.1, 0.15) is 18.4 Å². The molecule has 1 rings (SSSR count). The summed E-state index contributed by atoms with van der Waals surface area (Å²) in [6.07, 6.45) is 0. The molecule has 0 fully saturated rings. The Balaban J connectivity index is 2.51. The summed E-state index contributed by atoms with van der Waals surface area (Å²) < 4.78 is 5.35. The fourth-order valence-electron chi connectivity index (χ4n) is 1.12. The van der Waals surface area contributed by atoms with Crippen LogP contribution in [0.2, 0.25) is 0 Å². The van der Waals surface area contributed by atoms with E-state index in [1.165, 1.54) is 11.8 Å². The van der Waals surface area contributed by atoms with E-state index < -0.39 is 12.0 Å². The van der Waals surface area contributed by atoms with Crippen LogP contribution in [0.5, 0.6) is 0 Å². The fraction of sp³-hybridized carbons (Fsp3) is 0.600. The molecule has 1 heterocycles. The van der Waals surface area contributed by atoms with Crippen LogP contribution in [-0.2, 0) is 4.79 Å². The van der Waals surface area contributed by atoms with Crippen molar-refractivity contribution in [2.75, 3.05) is 12.3 Å². The summed E-state index contributed by atoms with van der Waals surface area (Å²) in [6, 6.07) is -0.567. The Bertz CT molecular complexity index is 345. The highest BCUT2D eigenvalue weighted by Gasteiger charge is 2.17. The first-order valence-electron chi connectivity index (χ1n) is 5.07. The molecule has 1 aromatic heterocycles. The number of hydrogen-bond acceptors (Lipinski definition) is 5. The number of aliphatic carboxylic acids is 1. The van der Waals surface area contributed by atoms with Crippen molar-refractivity contribution >= 4 is 17.7 Å². The molecule has 1 unspecified atom stereocenters. The molecular weight excluding hydrogens is 228 g/mol. The van der Waals surface area contributed by atoms with Gasteiger partial charge in [0.2, 0.25) is 0 Å². The molecule has 0 spiro atoms. The minimum Gasteiger partial charge on any atom is -0.480 e. The number of carboxylic acid groups (broad SMARTS) is 1. The maximum absolute atomic E-state index is 10.9. The van der Waals surface area contributed by atoms with Crippen LogP contribution < -0.4 is 5.32 Å². The lowest BCUT2D eigenvalue weighted by Crippen LogP contribution is -2.38. The highest BCUT2D eigenvalue weighted by Crippen LogP contribution is 2.20. The molecule has 16 heavy (non-hydrogen) atoms. The van der Waals surface area contributed by atoms with Crippen LogP contribution in [0.4, 0.5) is 0 Å². The Morgan fingerprint density at radius 3 is 2.75 bits per heavy atom. The van der Waals surface area contributed by atoms with Gasteiger partial charge in [-0.15, -0.1) is 0 Å². The first kappa shape index (κ1) is 13.1. The highest BCUT2D eigenvalue weighted by molar-refractivity contribution is 7.99. The second-order valence-electron chi connectivity index (χ2n) is 3.38. The van der Waals surface area contributed by atoms with Crippen LogP contribution in [0, 0.1) is 13.8 Å². The number of hydrogen-bond donors (Lipinski definition) is 2. The van der Waals surface area contributed by atoms with Crippen LogP contribution in [0.25, 0.3) is 0 Å². The van der Waals surface area contributed by atoms with Crippen molar-refractivity contribution in [2.24, 2.45) is 0 Å². The molecular formula is C10H16N2O3S. The maximum Gasteiger partial charge on any atom is 0.321 e. The third kappa shape index (κ3) is 3.53. The Labute approximate surface area is 98.6 Å². The molecule has 0 amide bonds. The molecule has 6 heteroatoms. The lowest BCUT2D eigenvalue weighted by atomic mass is 10.3. The molecule has 2 N–H and O–H groups in total. The van der Waals surface area contributed by atoms with Crippen LogP contribution in [0.3, 0.4) is 0 Å². The molecule has 0 bridgehead atoms. The summed E-state index contributed by atoms with van der Waals surface area (Å²) in [5.41, 5.74) is 0.845. The largest absolute Gasteiger partial charge is 0.480 e. The number of nitrogens with one attached hydrogen (secondary N) is 1. The molecule has 0 saturated carbocycles. The van der Waals surface area contributed by atoms with Crippen molar-refractivity contribution in [1.29, 1.82) is 0 Å². The Hall–Kier alpha value is -1.01. The molecule has 0 saturated heterocycles. The maximum atomic E-state index is 10.9. The van der Waals surface area contributed by atoms with E-state index in [0.29, 0.717) is 17.5 Å². The summed E-state index contributed by atoms with van der Waals surface area (Å²) in [5, 5.41) is 12.3. The third-order valence-corrected chi connectivity index (χ3v) is 3.05. The van der Waals surface area contributed by atoms with Gasteiger partial charge in [0, 0.05) is 5.75 Å². The van der Waals surface area contributed by atoms with E-state index in [2.05, 4.69) is 10.3 Å². The number of carbonyl (C=O) groups is 1. The lowest BCUT2D eigenvalue weighted by molar-refractivity contribution is -0.138. The van der Waals surface area contributed by atoms with Gasteiger partial charge >= 0.3 is 5.97 Å². The van der Waals surface area contributed by atoms with E-state index in [1.54, 1.807) is 0 Å². The van der Waals surface area contributed by atoms with Gasteiger partial charge in [-0.3, -0.25) is 4.79 Å². The highest BCUT2D eigenvalue weighted by atomic mass is 32.2. The van der Waals surface area contributed by atoms with Crippen molar-refractivity contribution in [3.05, 3.63) is 11.5 Å². The van der Waals surface area contributed by atoms with Crippen molar-refractivity contribution in [3.8, 4) is 0 Å². The molecule has 0 aromatic carbocycles. The van der Waals surface area contributed by atoms with Gasteiger partial charge in [0.15, 0.2) is 0 Å². The molecule has 0 radical (unpaired) electrons. The number of carboxylic acids is 1. The van der Waals surface area contributed by atoms with Gasteiger partial charge in [-0.25, -0.2) is 4.98 Å². The molecule has 1 atom stereocenters. The van der Waals surface area contributed by atoms with E-state index in [4.69, 9.17) is 9.52 Å². The minimum atomic E-state index is -0.852. The minimum absolute atomic E-state index is 0.405. The zero-order valence-electron chi connectivity index (χ0n) is 9.61. The van der Waals surface area contributed by atoms with Gasteiger partial charge in [-0.2, -0.15) is 0 Å². The van der Waals surface area contributed by atoms with Crippen LogP contribution in [0.15, 0.2) is 9.64 Å². The monoisotopic (exact) mass is 244 g/mol. The normalized spacial score (nSPS) is 12.7. The molecule has 5 nitrogen and oxygen atoms in total. The molecule has 0 aliphatic carbocycles. The van der Waals surface area contributed by atoms with Crippen molar-refractivity contribution in [2.45, 2.75) is 32.0 Å². The number of oxazole rings is 1. The number of likely N-dealkylation sites (N-methyl/N-ethyl adjacent to an activating group) is 1. The van der Waals surface area contributed by atoms with Crippen LogP contribution in [-0.4, -0.2) is 34.4 Å². The smallest absolute Gasteiger partial charge is 0.321 e. The van der Waals surface area contributed by atoms with Gasteiger partial charge in [0.1, 0.15) is 11.8 Å². The summed E-state index contributed by atoms with van der Waals surface area (Å²) in [4.78, 5) is 15.0. The zero-order chi connectivity index (χ0) is 12.1. The van der Waals surface area contributed by atoms with Gasteiger partial charge in [0.05, 0.1) is 5.69 Å². The molecule has 90 valence electrons. The van der Waals surface area contributed by atoms with E-state index in [0.717, 1.165) is 11.5 Å². The average Bonchev–Trinajstić information content (AvgIpc) is 2.53. The lowest BCUT2D eigenvalue weighted by Gasteiger charge is -2.10. The summed E-state index contributed by atoms with van der Waals surface area (Å²) in [5.74, 6) is 0.329. The van der Waals surface area contributed by atoms with Crippen molar-refractivity contribution < 1.29 is 14.3 Å². The summed E-state index contributed by atoms with van der Waals surface area (Å²) >= 11 is 1.31. The summed E-state index contributed by atoms with van der Waals surface area (Å²) in [7, 11) is 0. The number of rotatable bonds is 6. The first-order chi connectivity index (χ1) is 7.54. The molecule has 0 aliphatic rings. The molecule has 1 aromatic rings. The van der Waals surface area contributed by atoms with Gasteiger partial charge in [0.25, 0.3) is 5.22 Å². The van der Waals surface area contributed by atoms with Crippen LogP contribution >= 0.6 is 11.8 Å². The van der Waals surface area contributed by atoms with E-state index in [-0.39, 0.29) is 0 Å². The number of aromatic nitrogens is 1. The second-order valence-corrected chi connectivity index (χ2v) is 4.35. The number of aryl methyl sites for hydroxylation is 2. The van der Waals surface area contributed by atoms with Crippen molar-refractivity contribution in [3.63, 3.8) is 0 Å². The fourth-order valence-corrected chi connectivity index (χ4v) is 2.08. The predicted molar refractivity (Wildman–Crippen MR) is 61.8 cm³/mol.